The van der Waals surface area contributed by atoms with Gasteiger partial charge in [-0.25, -0.2) is 12.8 Å². The molecule has 168 valence electrons. The van der Waals surface area contributed by atoms with Crippen LogP contribution in [0.5, 0.6) is 5.75 Å². The third-order valence-corrected chi connectivity index (χ3v) is 5.77. The van der Waals surface area contributed by atoms with Crippen molar-refractivity contribution in [2.45, 2.75) is 17.9 Å². The number of benzene rings is 3. The second kappa shape index (κ2) is 10.2. The van der Waals surface area contributed by atoms with Gasteiger partial charge in [-0.05, 0) is 72.6 Å². The molecule has 0 aliphatic heterocycles. The van der Waals surface area contributed by atoms with Gasteiger partial charge in [-0.2, -0.15) is 8.78 Å². The number of carbonyl (C=O) groups is 1. The van der Waals surface area contributed by atoms with E-state index in [-0.39, 0.29) is 21.9 Å². The zero-order valence-corrected chi connectivity index (χ0v) is 17.4. The van der Waals surface area contributed by atoms with Gasteiger partial charge in [0.1, 0.15) is 11.6 Å². The number of carbonyl (C=O) groups excluding carboxylic acids is 1. The highest BCUT2D eigenvalue weighted by Gasteiger charge is 2.15. The first-order valence-corrected chi connectivity index (χ1v) is 10.9. The Morgan fingerprint density at radius 3 is 2.12 bits per heavy atom. The highest BCUT2D eigenvalue weighted by Crippen LogP contribution is 2.18. The van der Waals surface area contributed by atoms with E-state index in [1.54, 1.807) is 12.1 Å². The number of rotatable bonds is 9. The largest absolute Gasteiger partial charge is 0.435 e. The summed E-state index contributed by atoms with van der Waals surface area (Å²) in [4.78, 5) is 12.2. The quantitative estimate of drug-likeness (QED) is 0.497. The maximum Gasteiger partial charge on any atom is 0.387 e. The summed E-state index contributed by atoms with van der Waals surface area (Å²) in [5, 5.41) is 2.71. The number of ether oxygens (including phenoxy) is 1. The van der Waals surface area contributed by atoms with Crippen molar-refractivity contribution >= 4 is 21.6 Å². The maximum atomic E-state index is 13.0. The van der Waals surface area contributed by atoms with Gasteiger partial charge in [-0.3, -0.25) is 9.52 Å². The van der Waals surface area contributed by atoms with Crippen LogP contribution >= 0.6 is 0 Å². The molecule has 0 heterocycles. The summed E-state index contributed by atoms with van der Waals surface area (Å²) in [5.41, 5.74) is 1.30. The van der Waals surface area contributed by atoms with Crippen molar-refractivity contribution in [2.75, 3.05) is 11.3 Å². The van der Waals surface area contributed by atoms with Crippen molar-refractivity contribution in [1.29, 1.82) is 0 Å². The second-order valence-corrected chi connectivity index (χ2v) is 8.35. The zero-order valence-electron chi connectivity index (χ0n) is 16.6. The minimum atomic E-state index is -3.89. The average Bonchev–Trinajstić information content (AvgIpc) is 2.76. The minimum Gasteiger partial charge on any atom is -0.435 e. The molecule has 0 spiro atoms. The lowest BCUT2D eigenvalue weighted by molar-refractivity contribution is -0.0498. The molecule has 6 nitrogen and oxygen atoms in total. The number of halogens is 3. The van der Waals surface area contributed by atoms with E-state index in [2.05, 4.69) is 14.8 Å². The second-order valence-electron chi connectivity index (χ2n) is 6.67. The van der Waals surface area contributed by atoms with Crippen LogP contribution in [0.15, 0.2) is 77.7 Å². The molecule has 0 unspecified atom stereocenters. The number of nitrogens with one attached hydrogen (secondary N) is 2. The number of hydrogen-bond donors (Lipinski definition) is 2. The van der Waals surface area contributed by atoms with Gasteiger partial charge in [0.2, 0.25) is 0 Å². The van der Waals surface area contributed by atoms with Gasteiger partial charge in [0.15, 0.2) is 0 Å². The van der Waals surface area contributed by atoms with Gasteiger partial charge >= 0.3 is 6.61 Å². The number of alkyl halides is 2. The average molecular weight is 464 g/mol. The zero-order chi connectivity index (χ0) is 23.1. The first-order valence-electron chi connectivity index (χ1n) is 9.43. The lowest BCUT2D eigenvalue weighted by Gasteiger charge is -2.09. The Kier molecular flexibility index (Phi) is 7.37. The normalized spacial score (nSPS) is 11.2. The van der Waals surface area contributed by atoms with Crippen LogP contribution in [-0.4, -0.2) is 27.5 Å². The summed E-state index contributed by atoms with van der Waals surface area (Å²) in [6.45, 7) is -2.60. The van der Waals surface area contributed by atoms with Crippen molar-refractivity contribution in [2.24, 2.45) is 0 Å². The Morgan fingerprint density at radius 2 is 1.53 bits per heavy atom. The van der Waals surface area contributed by atoms with E-state index in [0.29, 0.717) is 13.0 Å². The van der Waals surface area contributed by atoms with Crippen LogP contribution in [0, 0.1) is 5.82 Å². The summed E-state index contributed by atoms with van der Waals surface area (Å²) < 4.78 is 68.7. The molecule has 0 saturated carbocycles. The molecule has 0 aliphatic carbocycles. The van der Waals surface area contributed by atoms with Crippen LogP contribution < -0.4 is 14.8 Å². The molecule has 2 N–H and O–H groups in total. The highest BCUT2D eigenvalue weighted by molar-refractivity contribution is 7.92. The van der Waals surface area contributed by atoms with Crippen molar-refractivity contribution in [1.82, 2.24) is 5.32 Å². The summed E-state index contributed by atoms with van der Waals surface area (Å²) in [6, 6.07) is 16.3. The maximum absolute atomic E-state index is 13.0. The van der Waals surface area contributed by atoms with Crippen molar-refractivity contribution in [3.05, 3.63) is 89.7 Å². The molecule has 0 aliphatic rings. The molecule has 32 heavy (non-hydrogen) atoms. The van der Waals surface area contributed by atoms with Gasteiger partial charge in [-0.1, -0.05) is 12.1 Å². The van der Waals surface area contributed by atoms with Gasteiger partial charge in [0.25, 0.3) is 15.9 Å². The number of sulfonamides is 1. The Balaban J connectivity index is 1.53. The Bertz CT molecular complexity index is 1150. The van der Waals surface area contributed by atoms with Gasteiger partial charge in [0, 0.05) is 17.8 Å². The Labute approximate surface area is 183 Å². The molecule has 0 saturated heterocycles. The molecule has 1 amide bonds. The van der Waals surface area contributed by atoms with Gasteiger partial charge in [0.05, 0.1) is 4.90 Å². The molecule has 3 aromatic rings. The van der Waals surface area contributed by atoms with E-state index in [0.717, 1.165) is 17.7 Å². The summed E-state index contributed by atoms with van der Waals surface area (Å²) in [6.07, 6.45) is 0.467. The molecular weight excluding hydrogens is 445 g/mol. The molecule has 3 rings (SSSR count). The Hall–Kier alpha value is -3.53. The first kappa shape index (κ1) is 23.1. The number of amides is 1. The molecule has 3 aromatic carbocycles. The Morgan fingerprint density at radius 1 is 0.906 bits per heavy atom. The van der Waals surface area contributed by atoms with Crippen LogP contribution in [0.25, 0.3) is 0 Å². The number of hydrogen-bond acceptors (Lipinski definition) is 4. The molecule has 0 atom stereocenters. The van der Waals surface area contributed by atoms with E-state index < -0.39 is 28.4 Å². The fraction of sp³-hybridized carbons (Fsp3) is 0.136. The van der Waals surface area contributed by atoms with E-state index in [4.69, 9.17) is 0 Å². The minimum absolute atomic E-state index is 0.0514. The lowest BCUT2D eigenvalue weighted by Crippen LogP contribution is -2.25. The van der Waals surface area contributed by atoms with E-state index in [9.17, 15) is 26.4 Å². The van der Waals surface area contributed by atoms with Crippen molar-refractivity contribution in [3.8, 4) is 5.75 Å². The van der Waals surface area contributed by atoms with Crippen LogP contribution in [0.1, 0.15) is 15.9 Å². The van der Waals surface area contributed by atoms with E-state index in [1.165, 1.54) is 48.5 Å². The van der Waals surface area contributed by atoms with E-state index >= 15 is 0 Å². The predicted molar refractivity (Wildman–Crippen MR) is 113 cm³/mol. The van der Waals surface area contributed by atoms with Crippen molar-refractivity contribution < 1.29 is 31.1 Å². The lowest BCUT2D eigenvalue weighted by atomic mass is 10.1. The summed E-state index contributed by atoms with van der Waals surface area (Å²) in [7, 11) is -3.89. The van der Waals surface area contributed by atoms with Crippen LogP contribution in [0.4, 0.5) is 18.9 Å². The van der Waals surface area contributed by atoms with Crippen LogP contribution in [0.3, 0.4) is 0 Å². The first-order chi connectivity index (χ1) is 15.2. The topological polar surface area (TPSA) is 84.5 Å². The van der Waals surface area contributed by atoms with Gasteiger partial charge < -0.3 is 10.1 Å². The smallest absolute Gasteiger partial charge is 0.387 e. The fourth-order valence-electron chi connectivity index (χ4n) is 2.78. The predicted octanol–water partition coefficient (Wildman–Crippen LogP) is 4.20. The summed E-state index contributed by atoms with van der Waals surface area (Å²) in [5.74, 6) is -0.823. The fourth-order valence-corrected chi connectivity index (χ4v) is 3.84. The third kappa shape index (κ3) is 6.48. The number of anilines is 1. The molecule has 0 aromatic heterocycles. The SMILES string of the molecule is O=C(NCCc1ccc(OC(F)F)cc1)c1ccc(S(=O)(=O)Nc2ccc(F)cc2)cc1. The molecule has 10 heteroatoms. The van der Waals surface area contributed by atoms with Crippen LogP contribution in [-0.2, 0) is 16.4 Å². The monoisotopic (exact) mass is 464 g/mol. The standard InChI is InChI=1S/C22H19F3N2O4S/c23-17-5-7-18(8-6-17)27-32(29,30)20-11-3-16(4-12-20)21(28)26-14-13-15-1-9-19(10-2-15)31-22(24)25/h1-12,22,27H,13-14H2,(H,26,28). The highest BCUT2D eigenvalue weighted by atomic mass is 32.2. The van der Waals surface area contributed by atoms with Crippen molar-refractivity contribution in [3.63, 3.8) is 0 Å². The van der Waals surface area contributed by atoms with Gasteiger partial charge in [-0.15, -0.1) is 0 Å². The van der Waals surface area contributed by atoms with E-state index in [1.807, 2.05) is 0 Å². The third-order valence-electron chi connectivity index (χ3n) is 4.37. The molecule has 0 fully saturated rings. The molecule has 0 bridgehead atoms. The molecular formula is C22H19F3N2O4S. The summed E-state index contributed by atoms with van der Waals surface area (Å²) >= 11 is 0. The van der Waals surface area contributed by atoms with Crippen LogP contribution in [0.2, 0.25) is 0 Å². The molecule has 0 radical (unpaired) electrons.